The fourth-order valence-corrected chi connectivity index (χ4v) is 1.52. The lowest BCUT2D eigenvalue weighted by molar-refractivity contribution is 0.627. The van der Waals surface area contributed by atoms with Gasteiger partial charge in [-0.2, -0.15) is 10.4 Å². The average molecular weight is 212 g/mol. The van der Waals surface area contributed by atoms with Gasteiger partial charge in [0.05, 0.1) is 23.9 Å². The lowest BCUT2D eigenvalue weighted by atomic mass is 10.1. The first-order valence-electron chi connectivity index (χ1n) is 5.07. The van der Waals surface area contributed by atoms with Crippen LogP contribution in [-0.2, 0) is 6.54 Å². The van der Waals surface area contributed by atoms with Crippen molar-refractivity contribution in [3.8, 4) is 17.3 Å². The van der Waals surface area contributed by atoms with Crippen LogP contribution >= 0.6 is 0 Å². The topological polar surface area (TPSA) is 67.6 Å². The Kier molecular flexibility index (Phi) is 2.99. The molecular weight excluding hydrogens is 200 g/mol. The molecular formula is C12H12N4. The van der Waals surface area contributed by atoms with Crippen LogP contribution in [-0.4, -0.2) is 16.3 Å². The summed E-state index contributed by atoms with van der Waals surface area (Å²) in [4.78, 5) is 0. The van der Waals surface area contributed by atoms with Crippen LogP contribution in [0.2, 0.25) is 0 Å². The molecule has 2 rings (SSSR count). The molecule has 4 nitrogen and oxygen atoms in total. The molecule has 0 spiro atoms. The van der Waals surface area contributed by atoms with E-state index in [-0.39, 0.29) is 0 Å². The highest BCUT2D eigenvalue weighted by Gasteiger charge is 2.02. The van der Waals surface area contributed by atoms with Gasteiger partial charge >= 0.3 is 0 Å². The number of nitrogens with zero attached hydrogens (tertiary/aromatic N) is 3. The molecule has 0 saturated heterocycles. The monoisotopic (exact) mass is 212 g/mol. The number of benzene rings is 1. The second kappa shape index (κ2) is 4.60. The van der Waals surface area contributed by atoms with Crippen molar-refractivity contribution in [1.29, 1.82) is 5.26 Å². The summed E-state index contributed by atoms with van der Waals surface area (Å²) in [5.74, 6) is 0. The predicted octanol–water partition coefficient (Wildman–Crippen LogP) is 1.38. The van der Waals surface area contributed by atoms with E-state index in [4.69, 9.17) is 11.0 Å². The first kappa shape index (κ1) is 10.4. The van der Waals surface area contributed by atoms with Gasteiger partial charge in [0.25, 0.3) is 0 Å². The minimum Gasteiger partial charge on any atom is -0.329 e. The maximum absolute atomic E-state index is 8.81. The third kappa shape index (κ3) is 2.10. The van der Waals surface area contributed by atoms with Crippen LogP contribution in [0.4, 0.5) is 0 Å². The Morgan fingerprint density at radius 1 is 1.38 bits per heavy atom. The molecule has 0 aliphatic heterocycles. The SMILES string of the molecule is N#Cc1cccc(-c2ccn(CCN)n2)c1. The zero-order chi connectivity index (χ0) is 11.4. The van der Waals surface area contributed by atoms with E-state index < -0.39 is 0 Å². The largest absolute Gasteiger partial charge is 0.329 e. The van der Waals surface area contributed by atoms with Crippen LogP contribution in [0, 0.1) is 11.3 Å². The molecule has 0 bridgehead atoms. The second-order valence-corrected chi connectivity index (χ2v) is 3.45. The van der Waals surface area contributed by atoms with E-state index in [9.17, 15) is 0 Å². The smallest absolute Gasteiger partial charge is 0.0991 e. The van der Waals surface area contributed by atoms with Gasteiger partial charge in [0.2, 0.25) is 0 Å². The van der Waals surface area contributed by atoms with E-state index in [1.54, 1.807) is 10.7 Å². The highest BCUT2D eigenvalue weighted by atomic mass is 15.3. The molecule has 4 heteroatoms. The minimum absolute atomic E-state index is 0.569. The van der Waals surface area contributed by atoms with Crippen molar-refractivity contribution in [3.05, 3.63) is 42.1 Å². The average Bonchev–Trinajstić information content (AvgIpc) is 2.78. The molecule has 2 aromatic rings. The number of nitriles is 1. The molecule has 80 valence electrons. The van der Waals surface area contributed by atoms with Crippen molar-refractivity contribution in [3.63, 3.8) is 0 Å². The van der Waals surface area contributed by atoms with Crippen molar-refractivity contribution in [2.24, 2.45) is 5.73 Å². The zero-order valence-electron chi connectivity index (χ0n) is 8.80. The number of aromatic nitrogens is 2. The highest BCUT2D eigenvalue weighted by molar-refractivity contribution is 5.60. The molecule has 0 saturated carbocycles. The van der Waals surface area contributed by atoms with E-state index in [0.29, 0.717) is 18.7 Å². The normalized spacial score (nSPS) is 10.0. The summed E-state index contributed by atoms with van der Waals surface area (Å²) in [6, 6.07) is 11.4. The first-order valence-corrected chi connectivity index (χ1v) is 5.07. The first-order chi connectivity index (χ1) is 7.83. The Labute approximate surface area is 93.9 Å². The van der Waals surface area contributed by atoms with Gasteiger partial charge in [-0.15, -0.1) is 0 Å². The second-order valence-electron chi connectivity index (χ2n) is 3.45. The number of hydrogen-bond donors (Lipinski definition) is 1. The van der Waals surface area contributed by atoms with E-state index in [0.717, 1.165) is 11.3 Å². The summed E-state index contributed by atoms with van der Waals surface area (Å²) in [5, 5.41) is 13.2. The van der Waals surface area contributed by atoms with Crippen molar-refractivity contribution in [2.75, 3.05) is 6.54 Å². The fourth-order valence-electron chi connectivity index (χ4n) is 1.52. The van der Waals surface area contributed by atoms with Crippen LogP contribution in [0.5, 0.6) is 0 Å². The van der Waals surface area contributed by atoms with Crippen LogP contribution < -0.4 is 5.73 Å². The maximum Gasteiger partial charge on any atom is 0.0991 e. The summed E-state index contributed by atoms with van der Waals surface area (Å²) in [6.45, 7) is 1.28. The number of nitrogens with two attached hydrogens (primary N) is 1. The molecule has 2 N–H and O–H groups in total. The Hall–Kier alpha value is -2.12. The molecule has 0 amide bonds. The molecule has 0 fully saturated rings. The molecule has 0 atom stereocenters. The lowest BCUT2D eigenvalue weighted by Crippen LogP contribution is -2.09. The molecule has 0 radical (unpaired) electrons. The lowest BCUT2D eigenvalue weighted by Gasteiger charge is -1.98. The predicted molar refractivity (Wildman–Crippen MR) is 61.4 cm³/mol. The highest BCUT2D eigenvalue weighted by Crippen LogP contribution is 2.17. The van der Waals surface area contributed by atoms with Gasteiger partial charge in [0.1, 0.15) is 0 Å². The van der Waals surface area contributed by atoms with Crippen molar-refractivity contribution < 1.29 is 0 Å². The Morgan fingerprint density at radius 2 is 2.25 bits per heavy atom. The summed E-state index contributed by atoms with van der Waals surface area (Å²) in [5.41, 5.74) is 7.91. The van der Waals surface area contributed by atoms with E-state index in [1.165, 1.54) is 0 Å². The molecule has 0 unspecified atom stereocenters. The van der Waals surface area contributed by atoms with Gasteiger partial charge in [-0.1, -0.05) is 12.1 Å². The molecule has 16 heavy (non-hydrogen) atoms. The van der Waals surface area contributed by atoms with Crippen molar-refractivity contribution in [2.45, 2.75) is 6.54 Å². The van der Waals surface area contributed by atoms with E-state index in [2.05, 4.69) is 11.2 Å². The number of hydrogen-bond acceptors (Lipinski definition) is 3. The van der Waals surface area contributed by atoms with Crippen LogP contribution in [0.15, 0.2) is 36.5 Å². The van der Waals surface area contributed by atoms with Gasteiger partial charge in [-0.25, -0.2) is 0 Å². The van der Waals surface area contributed by atoms with Gasteiger partial charge in [-0.05, 0) is 18.2 Å². The third-order valence-corrected chi connectivity index (χ3v) is 2.29. The molecule has 0 aliphatic rings. The standard InChI is InChI=1S/C12H12N4/c13-5-7-16-6-4-12(15-16)11-3-1-2-10(8-11)9-14/h1-4,6,8H,5,7,13H2. The summed E-state index contributed by atoms with van der Waals surface area (Å²) in [7, 11) is 0. The van der Waals surface area contributed by atoms with Gasteiger partial charge in [0.15, 0.2) is 0 Å². The maximum atomic E-state index is 8.81. The number of rotatable bonds is 3. The van der Waals surface area contributed by atoms with Crippen molar-refractivity contribution in [1.82, 2.24) is 9.78 Å². The fraction of sp³-hybridized carbons (Fsp3) is 0.167. The summed E-state index contributed by atoms with van der Waals surface area (Å²) >= 11 is 0. The third-order valence-electron chi connectivity index (χ3n) is 2.29. The van der Waals surface area contributed by atoms with Gasteiger partial charge in [-0.3, -0.25) is 4.68 Å². The molecule has 1 aromatic heterocycles. The summed E-state index contributed by atoms with van der Waals surface area (Å²) < 4.78 is 1.80. The molecule has 1 heterocycles. The quantitative estimate of drug-likeness (QED) is 0.835. The Balaban J connectivity index is 2.32. The van der Waals surface area contributed by atoms with Gasteiger partial charge < -0.3 is 5.73 Å². The summed E-state index contributed by atoms with van der Waals surface area (Å²) in [6.07, 6.45) is 1.89. The Morgan fingerprint density at radius 3 is 3.00 bits per heavy atom. The molecule has 0 aliphatic carbocycles. The van der Waals surface area contributed by atoms with E-state index >= 15 is 0 Å². The van der Waals surface area contributed by atoms with Gasteiger partial charge in [0, 0.05) is 18.3 Å². The Bertz CT molecular complexity index is 522. The van der Waals surface area contributed by atoms with Crippen LogP contribution in [0.1, 0.15) is 5.56 Å². The van der Waals surface area contributed by atoms with E-state index in [1.807, 2.05) is 30.5 Å². The minimum atomic E-state index is 0.569. The zero-order valence-corrected chi connectivity index (χ0v) is 8.80. The molecule has 1 aromatic carbocycles. The van der Waals surface area contributed by atoms with Crippen LogP contribution in [0.25, 0.3) is 11.3 Å². The van der Waals surface area contributed by atoms with Crippen LogP contribution in [0.3, 0.4) is 0 Å². The van der Waals surface area contributed by atoms with Crippen molar-refractivity contribution >= 4 is 0 Å².